The average Bonchev–Trinajstić information content (AvgIpc) is 2.78. The van der Waals surface area contributed by atoms with Crippen molar-refractivity contribution in [2.45, 2.75) is 58.5 Å². The lowest BCUT2D eigenvalue weighted by molar-refractivity contribution is -0.125. The fourth-order valence-corrected chi connectivity index (χ4v) is 4.28. The molecule has 0 spiro atoms. The minimum atomic E-state index is -0.453. The van der Waals surface area contributed by atoms with E-state index in [4.69, 9.17) is 0 Å². The van der Waals surface area contributed by atoms with Crippen LogP contribution in [0.2, 0.25) is 0 Å². The first-order valence-electron chi connectivity index (χ1n) is 8.24. The van der Waals surface area contributed by atoms with Gasteiger partial charge in [-0.05, 0) is 49.7 Å². The first kappa shape index (κ1) is 14.8. The van der Waals surface area contributed by atoms with E-state index in [1.54, 1.807) is 0 Å². The number of aliphatic hydroxyl groups excluding tert-OH is 1. The maximum Gasteiger partial charge on any atom is 0.138 e. The Bertz CT molecular complexity index is 528. The van der Waals surface area contributed by atoms with Gasteiger partial charge in [-0.15, -0.1) is 0 Å². The Morgan fingerprint density at radius 3 is 2.90 bits per heavy atom. The van der Waals surface area contributed by atoms with Crippen LogP contribution in [0.3, 0.4) is 0 Å². The molecule has 2 heteroatoms. The molecule has 0 aromatic heterocycles. The maximum atomic E-state index is 12.1. The summed E-state index contributed by atoms with van der Waals surface area (Å²) in [7, 11) is 0. The number of carbonyl (C=O) groups is 1. The van der Waals surface area contributed by atoms with E-state index in [-0.39, 0.29) is 10.8 Å². The minimum absolute atomic E-state index is 0.0198. The molecule has 3 rings (SSSR count). The normalized spacial score (nSPS) is 42.0. The lowest BCUT2D eigenvalue weighted by atomic mass is 9.62. The summed E-state index contributed by atoms with van der Waals surface area (Å²) in [6.45, 7) is 4.43. The van der Waals surface area contributed by atoms with Crippen LogP contribution in [0.1, 0.15) is 52.4 Å². The molecule has 4 unspecified atom stereocenters. The van der Waals surface area contributed by atoms with Crippen molar-refractivity contribution in [2.75, 3.05) is 0 Å². The molecule has 0 bridgehead atoms. The smallest absolute Gasteiger partial charge is 0.138 e. The highest BCUT2D eigenvalue weighted by Crippen LogP contribution is 2.49. The van der Waals surface area contributed by atoms with Crippen molar-refractivity contribution < 1.29 is 9.90 Å². The third-order valence-corrected chi connectivity index (χ3v) is 6.03. The summed E-state index contributed by atoms with van der Waals surface area (Å²) in [6.07, 6.45) is 16.0. The lowest BCUT2D eigenvalue weighted by Crippen LogP contribution is -2.34. The molecule has 114 valence electrons. The number of ketones is 1. The quantitative estimate of drug-likeness (QED) is 0.797. The number of aliphatic hydroxyl groups is 1. The van der Waals surface area contributed by atoms with E-state index in [0.29, 0.717) is 11.7 Å². The minimum Gasteiger partial charge on any atom is -0.385 e. The van der Waals surface area contributed by atoms with Gasteiger partial charge in [-0.3, -0.25) is 4.79 Å². The summed E-state index contributed by atoms with van der Waals surface area (Å²) in [5.74, 6) is 0.993. The number of fused-ring (bicyclic) bond motifs is 1. The number of hydrogen-bond donors (Lipinski definition) is 1. The zero-order chi connectivity index (χ0) is 15.1. The molecule has 0 amide bonds. The Labute approximate surface area is 127 Å². The Balaban J connectivity index is 1.74. The zero-order valence-electron chi connectivity index (χ0n) is 13.1. The molecule has 1 saturated carbocycles. The molecule has 3 aliphatic carbocycles. The molecule has 0 aromatic rings. The van der Waals surface area contributed by atoms with Gasteiger partial charge >= 0.3 is 0 Å². The van der Waals surface area contributed by atoms with Crippen molar-refractivity contribution in [3.05, 3.63) is 36.0 Å². The van der Waals surface area contributed by atoms with Crippen LogP contribution in [0.5, 0.6) is 0 Å². The monoisotopic (exact) mass is 286 g/mol. The molecule has 0 aliphatic heterocycles. The predicted octanol–water partition coefficient (Wildman–Crippen LogP) is 3.97. The summed E-state index contributed by atoms with van der Waals surface area (Å²) in [4.78, 5) is 12.1. The van der Waals surface area contributed by atoms with Crippen LogP contribution in [0.15, 0.2) is 36.0 Å². The first-order chi connectivity index (χ1) is 9.94. The average molecular weight is 286 g/mol. The van der Waals surface area contributed by atoms with E-state index in [2.05, 4.69) is 32.1 Å². The van der Waals surface area contributed by atoms with Crippen LogP contribution >= 0.6 is 0 Å². The van der Waals surface area contributed by atoms with Gasteiger partial charge < -0.3 is 5.11 Å². The van der Waals surface area contributed by atoms with Crippen molar-refractivity contribution in [1.29, 1.82) is 0 Å². The fourth-order valence-electron chi connectivity index (χ4n) is 4.28. The van der Waals surface area contributed by atoms with Gasteiger partial charge in [0.15, 0.2) is 0 Å². The second-order valence-corrected chi connectivity index (χ2v) is 7.47. The number of hydrogen-bond acceptors (Lipinski definition) is 2. The van der Waals surface area contributed by atoms with Gasteiger partial charge in [-0.25, -0.2) is 0 Å². The first-order valence-corrected chi connectivity index (χ1v) is 8.24. The molecule has 3 aliphatic rings. The summed E-state index contributed by atoms with van der Waals surface area (Å²) in [5.41, 5.74) is 1.17. The number of carbonyl (C=O) groups excluding carboxylic acids is 1. The Morgan fingerprint density at radius 1 is 1.38 bits per heavy atom. The maximum absolute atomic E-state index is 12.1. The van der Waals surface area contributed by atoms with Crippen LogP contribution in [0.25, 0.3) is 0 Å². The Kier molecular flexibility index (Phi) is 3.69. The van der Waals surface area contributed by atoms with E-state index in [9.17, 15) is 9.90 Å². The number of rotatable bonds is 3. The molecule has 1 fully saturated rings. The highest BCUT2D eigenvalue weighted by Gasteiger charge is 2.41. The summed E-state index contributed by atoms with van der Waals surface area (Å²) < 4.78 is 0. The van der Waals surface area contributed by atoms with Crippen LogP contribution in [-0.2, 0) is 4.79 Å². The summed E-state index contributed by atoms with van der Waals surface area (Å²) in [6, 6.07) is 0. The molecule has 4 atom stereocenters. The highest BCUT2D eigenvalue weighted by molar-refractivity contribution is 5.86. The molecule has 1 N–H and O–H groups in total. The Morgan fingerprint density at radius 2 is 2.19 bits per heavy atom. The van der Waals surface area contributed by atoms with Gasteiger partial charge in [0.2, 0.25) is 0 Å². The van der Waals surface area contributed by atoms with Gasteiger partial charge in [-0.2, -0.15) is 0 Å². The van der Waals surface area contributed by atoms with E-state index in [0.717, 1.165) is 38.5 Å². The van der Waals surface area contributed by atoms with Crippen LogP contribution in [0, 0.1) is 16.7 Å². The standard InChI is InChI=1S/C19H26O2/c1-18(10-4-7-17(18)21)11-8-14-5-3-6-15-13-16(20)9-12-19(14,15)2/h3,6,9,12-14,16,20H,4-5,7-8,10-11H2,1-2H3. The molecule has 21 heavy (non-hydrogen) atoms. The molecule has 2 nitrogen and oxygen atoms in total. The van der Waals surface area contributed by atoms with Crippen molar-refractivity contribution in [1.82, 2.24) is 0 Å². The predicted molar refractivity (Wildman–Crippen MR) is 84.8 cm³/mol. The number of allylic oxidation sites excluding steroid dienone is 4. The fraction of sp³-hybridized carbons (Fsp3) is 0.632. The van der Waals surface area contributed by atoms with Crippen molar-refractivity contribution in [3.63, 3.8) is 0 Å². The Hall–Kier alpha value is -1.15. The van der Waals surface area contributed by atoms with Gasteiger partial charge in [0.25, 0.3) is 0 Å². The van der Waals surface area contributed by atoms with E-state index in [1.807, 2.05) is 12.2 Å². The third-order valence-electron chi connectivity index (χ3n) is 6.03. The van der Waals surface area contributed by atoms with E-state index < -0.39 is 6.10 Å². The van der Waals surface area contributed by atoms with Crippen molar-refractivity contribution >= 4 is 5.78 Å². The lowest BCUT2D eigenvalue weighted by Gasteiger charge is -2.42. The van der Waals surface area contributed by atoms with Crippen LogP contribution in [-0.4, -0.2) is 17.0 Å². The van der Waals surface area contributed by atoms with Crippen LogP contribution in [0.4, 0.5) is 0 Å². The second kappa shape index (κ2) is 5.24. The third kappa shape index (κ3) is 2.55. The summed E-state index contributed by atoms with van der Waals surface area (Å²) >= 11 is 0. The van der Waals surface area contributed by atoms with Crippen molar-refractivity contribution in [2.24, 2.45) is 16.7 Å². The summed E-state index contributed by atoms with van der Waals surface area (Å²) in [5, 5.41) is 9.79. The second-order valence-electron chi connectivity index (χ2n) is 7.47. The van der Waals surface area contributed by atoms with Gasteiger partial charge in [0.05, 0.1) is 6.10 Å². The van der Waals surface area contributed by atoms with Gasteiger partial charge in [0.1, 0.15) is 5.78 Å². The molecule has 0 aromatic carbocycles. The van der Waals surface area contributed by atoms with E-state index in [1.165, 1.54) is 5.57 Å². The van der Waals surface area contributed by atoms with Crippen LogP contribution < -0.4 is 0 Å². The zero-order valence-corrected chi connectivity index (χ0v) is 13.1. The van der Waals surface area contributed by atoms with E-state index >= 15 is 0 Å². The molecular weight excluding hydrogens is 260 g/mol. The molecule has 0 saturated heterocycles. The molecular formula is C19H26O2. The largest absolute Gasteiger partial charge is 0.385 e. The highest BCUT2D eigenvalue weighted by atomic mass is 16.3. The SMILES string of the molecule is CC1(CCC2CC=CC3=CC(O)C=CC32C)CCCC1=O. The topological polar surface area (TPSA) is 37.3 Å². The van der Waals surface area contributed by atoms with Crippen molar-refractivity contribution in [3.8, 4) is 0 Å². The number of Topliss-reactive ketones (excluding diaryl/α,β-unsaturated/α-hetero) is 1. The molecule has 0 heterocycles. The molecule has 0 radical (unpaired) electrons. The van der Waals surface area contributed by atoms with Gasteiger partial charge in [-0.1, -0.05) is 38.2 Å². The van der Waals surface area contributed by atoms with Gasteiger partial charge in [0, 0.05) is 17.3 Å².